The maximum atomic E-state index is 11.0. The van der Waals surface area contributed by atoms with Crippen molar-refractivity contribution in [3.63, 3.8) is 0 Å². The van der Waals surface area contributed by atoms with Crippen LogP contribution < -0.4 is 10.5 Å². The monoisotopic (exact) mass is 312 g/mol. The molecule has 0 unspecified atom stereocenters. The SMILES string of the molecule is COc1ccc(Cl)cc1-c1nc(S[C@H](C)C(N)=O)n[nH]1. The van der Waals surface area contributed by atoms with Crippen LogP contribution in [-0.4, -0.2) is 33.4 Å². The number of hydrogen-bond donors (Lipinski definition) is 2. The van der Waals surface area contributed by atoms with Gasteiger partial charge in [-0.05, 0) is 25.1 Å². The Balaban J connectivity index is 2.29. The molecule has 1 aromatic heterocycles. The number of H-pyrrole nitrogens is 1. The fourth-order valence-electron chi connectivity index (χ4n) is 1.50. The van der Waals surface area contributed by atoms with E-state index >= 15 is 0 Å². The van der Waals surface area contributed by atoms with Crippen molar-refractivity contribution >= 4 is 29.3 Å². The molecule has 0 saturated carbocycles. The molecular formula is C12H13ClN4O2S. The molecule has 1 aromatic carbocycles. The van der Waals surface area contributed by atoms with Crippen molar-refractivity contribution in [2.45, 2.75) is 17.3 Å². The topological polar surface area (TPSA) is 93.9 Å². The minimum absolute atomic E-state index is 0.403. The van der Waals surface area contributed by atoms with Gasteiger partial charge in [-0.2, -0.15) is 0 Å². The van der Waals surface area contributed by atoms with Crippen LogP contribution in [0, 0.1) is 0 Å². The van der Waals surface area contributed by atoms with Crippen LogP contribution in [0.1, 0.15) is 6.92 Å². The third-order valence-corrected chi connectivity index (χ3v) is 3.78. The number of amides is 1. The zero-order valence-corrected chi connectivity index (χ0v) is 12.5. The summed E-state index contributed by atoms with van der Waals surface area (Å²) >= 11 is 7.16. The van der Waals surface area contributed by atoms with E-state index in [9.17, 15) is 4.79 Å². The van der Waals surface area contributed by atoms with Crippen molar-refractivity contribution in [3.05, 3.63) is 23.2 Å². The van der Waals surface area contributed by atoms with Gasteiger partial charge in [-0.1, -0.05) is 23.4 Å². The maximum absolute atomic E-state index is 11.0. The van der Waals surface area contributed by atoms with Crippen LogP contribution in [0.2, 0.25) is 5.02 Å². The van der Waals surface area contributed by atoms with Gasteiger partial charge in [0.25, 0.3) is 0 Å². The van der Waals surface area contributed by atoms with Gasteiger partial charge >= 0.3 is 0 Å². The number of nitrogens with two attached hydrogens (primary N) is 1. The van der Waals surface area contributed by atoms with Crippen molar-refractivity contribution in [3.8, 4) is 17.1 Å². The fraction of sp³-hybridized carbons (Fsp3) is 0.250. The molecule has 2 rings (SSSR count). The number of carbonyl (C=O) groups excluding carboxylic acids is 1. The summed E-state index contributed by atoms with van der Waals surface area (Å²) in [6, 6.07) is 5.21. The summed E-state index contributed by atoms with van der Waals surface area (Å²) < 4.78 is 5.26. The molecule has 106 valence electrons. The van der Waals surface area contributed by atoms with Gasteiger partial charge in [-0.25, -0.2) is 4.98 Å². The molecule has 0 fully saturated rings. The van der Waals surface area contributed by atoms with E-state index in [2.05, 4.69) is 15.2 Å². The summed E-state index contributed by atoms with van der Waals surface area (Å²) in [4.78, 5) is 15.3. The molecule has 0 radical (unpaired) electrons. The molecule has 0 saturated heterocycles. The van der Waals surface area contributed by atoms with Gasteiger partial charge in [-0.15, -0.1) is 5.10 Å². The summed E-state index contributed by atoms with van der Waals surface area (Å²) in [6.45, 7) is 1.70. The van der Waals surface area contributed by atoms with E-state index in [1.165, 1.54) is 11.8 Å². The van der Waals surface area contributed by atoms with E-state index in [0.29, 0.717) is 27.3 Å². The lowest BCUT2D eigenvalue weighted by molar-refractivity contribution is -0.117. The predicted molar refractivity (Wildman–Crippen MR) is 77.9 cm³/mol. The molecular weight excluding hydrogens is 300 g/mol. The number of thioether (sulfide) groups is 1. The number of nitrogens with one attached hydrogen (secondary N) is 1. The van der Waals surface area contributed by atoms with Crippen LogP contribution in [0.25, 0.3) is 11.4 Å². The standard InChI is InChI=1S/C12H13ClN4O2S/c1-6(10(14)18)20-12-15-11(16-17-12)8-5-7(13)3-4-9(8)19-2/h3-6H,1-2H3,(H2,14,18)(H,15,16,17)/t6-/m1/s1. The number of carbonyl (C=O) groups is 1. The van der Waals surface area contributed by atoms with Crippen molar-refractivity contribution in [1.29, 1.82) is 0 Å². The number of primary amides is 1. The van der Waals surface area contributed by atoms with Gasteiger partial charge in [0.2, 0.25) is 11.1 Å². The number of nitrogens with zero attached hydrogens (tertiary/aromatic N) is 2. The van der Waals surface area contributed by atoms with Gasteiger partial charge in [0, 0.05) is 5.02 Å². The Morgan fingerprint density at radius 3 is 2.95 bits per heavy atom. The molecule has 0 bridgehead atoms. The van der Waals surface area contributed by atoms with E-state index in [1.54, 1.807) is 32.2 Å². The first-order chi connectivity index (χ1) is 9.51. The van der Waals surface area contributed by atoms with Crippen LogP contribution in [0.3, 0.4) is 0 Å². The summed E-state index contributed by atoms with van der Waals surface area (Å²) in [5.74, 6) is 0.732. The van der Waals surface area contributed by atoms with Crippen molar-refractivity contribution in [2.75, 3.05) is 7.11 Å². The molecule has 0 aliphatic heterocycles. The predicted octanol–water partition coefficient (Wildman–Crippen LogP) is 2.10. The molecule has 1 amide bonds. The normalized spacial score (nSPS) is 12.2. The first-order valence-electron chi connectivity index (χ1n) is 5.73. The number of aromatic nitrogens is 3. The molecule has 1 heterocycles. The zero-order chi connectivity index (χ0) is 14.7. The Labute approximate surface area is 125 Å². The lowest BCUT2D eigenvalue weighted by atomic mass is 10.2. The Kier molecular flexibility index (Phi) is 4.51. The van der Waals surface area contributed by atoms with Gasteiger partial charge in [0.15, 0.2) is 5.82 Å². The molecule has 1 atom stereocenters. The fourth-order valence-corrected chi connectivity index (χ4v) is 2.35. The molecule has 8 heteroatoms. The molecule has 20 heavy (non-hydrogen) atoms. The second-order valence-corrected chi connectivity index (χ2v) is 5.72. The Bertz CT molecular complexity index is 632. The van der Waals surface area contributed by atoms with E-state index < -0.39 is 11.2 Å². The summed E-state index contributed by atoms with van der Waals surface area (Å²) in [6.07, 6.45) is 0. The third kappa shape index (κ3) is 3.23. The zero-order valence-electron chi connectivity index (χ0n) is 10.9. The smallest absolute Gasteiger partial charge is 0.230 e. The van der Waals surface area contributed by atoms with Gasteiger partial charge in [0.1, 0.15) is 5.75 Å². The highest BCUT2D eigenvalue weighted by Crippen LogP contribution is 2.31. The lowest BCUT2D eigenvalue weighted by Crippen LogP contribution is -2.22. The highest BCUT2D eigenvalue weighted by atomic mass is 35.5. The maximum Gasteiger partial charge on any atom is 0.230 e. The highest BCUT2D eigenvalue weighted by molar-refractivity contribution is 8.00. The minimum atomic E-state index is -0.415. The van der Waals surface area contributed by atoms with E-state index in [1.807, 2.05) is 0 Å². The molecule has 3 N–H and O–H groups in total. The van der Waals surface area contributed by atoms with Gasteiger partial charge in [0.05, 0.1) is 17.9 Å². The van der Waals surface area contributed by atoms with E-state index in [0.717, 1.165) is 0 Å². The van der Waals surface area contributed by atoms with Crippen LogP contribution in [0.4, 0.5) is 0 Å². The summed E-state index contributed by atoms with van der Waals surface area (Å²) in [5.41, 5.74) is 5.90. The van der Waals surface area contributed by atoms with Crippen LogP contribution in [-0.2, 0) is 4.79 Å². The Hall–Kier alpha value is -1.73. The first-order valence-corrected chi connectivity index (χ1v) is 6.99. The summed E-state index contributed by atoms with van der Waals surface area (Å²) in [5, 5.41) is 7.44. The van der Waals surface area contributed by atoms with E-state index in [-0.39, 0.29) is 0 Å². The minimum Gasteiger partial charge on any atom is -0.496 e. The number of rotatable bonds is 5. The average molecular weight is 313 g/mol. The Morgan fingerprint density at radius 2 is 2.30 bits per heavy atom. The van der Waals surface area contributed by atoms with Crippen LogP contribution >= 0.6 is 23.4 Å². The highest BCUT2D eigenvalue weighted by Gasteiger charge is 2.16. The quantitative estimate of drug-likeness (QED) is 0.825. The molecule has 0 aliphatic rings. The van der Waals surface area contributed by atoms with Crippen molar-refractivity contribution < 1.29 is 9.53 Å². The number of methoxy groups -OCH3 is 1. The van der Waals surface area contributed by atoms with Gasteiger partial charge < -0.3 is 10.5 Å². The number of halogens is 1. The van der Waals surface area contributed by atoms with Crippen molar-refractivity contribution in [2.24, 2.45) is 5.73 Å². The number of benzene rings is 1. The largest absolute Gasteiger partial charge is 0.496 e. The van der Waals surface area contributed by atoms with Crippen LogP contribution in [0.5, 0.6) is 5.75 Å². The van der Waals surface area contributed by atoms with Crippen LogP contribution in [0.15, 0.2) is 23.4 Å². The molecule has 0 aliphatic carbocycles. The second kappa shape index (κ2) is 6.15. The molecule has 6 nitrogen and oxygen atoms in total. The summed E-state index contributed by atoms with van der Waals surface area (Å²) in [7, 11) is 1.56. The molecule has 2 aromatic rings. The van der Waals surface area contributed by atoms with E-state index in [4.69, 9.17) is 22.1 Å². The first kappa shape index (κ1) is 14.7. The lowest BCUT2D eigenvalue weighted by Gasteiger charge is -2.05. The number of aromatic amines is 1. The second-order valence-electron chi connectivity index (χ2n) is 3.97. The molecule has 0 spiro atoms. The Morgan fingerprint density at radius 1 is 1.55 bits per heavy atom. The van der Waals surface area contributed by atoms with Gasteiger partial charge in [-0.3, -0.25) is 9.89 Å². The number of ether oxygens (including phenoxy) is 1. The van der Waals surface area contributed by atoms with Crippen molar-refractivity contribution in [1.82, 2.24) is 15.2 Å². The average Bonchev–Trinajstić information content (AvgIpc) is 2.87. The number of hydrogen-bond acceptors (Lipinski definition) is 5. The third-order valence-electron chi connectivity index (χ3n) is 2.56.